The largest absolute Gasteiger partial charge is 0.340 e. The molecule has 6 unspecified atom stereocenters. The van der Waals surface area contributed by atoms with Gasteiger partial charge in [0.2, 0.25) is 0 Å². The van der Waals surface area contributed by atoms with Crippen molar-refractivity contribution in [2.75, 3.05) is 12.7 Å². The summed E-state index contributed by atoms with van der Waals surface area (Å²) < 4.78 is 11.1. The topological polar surface area (TPSA) is 201 Å². The predicted octanol–water partition coefficient (Wildman–Crippen LogP) is -4.17. The Morgan fingerprint density at radius 2 is 1.48 bits per heavy atom. The summed E-state index contributed by atoms with van der Waals surface area (Å²) in [6, 6.07) is -0.732. The molecule has 2 aliphatic rings. The highest BCUT2D eigenvalue weighted by molar-refractivity contribution is 7.39. The van der Waals surface area contributed by atoms with E-state index in [0.717, 1.165) is 0 Å². The normalized spacial score (nSPS) is 54.9. The summed E-state index contributed by atoms with van der Waals surface area (Å²) in [7, 11) is 2.88. The number of hydrogen-bond acceptors (Lipinski definition) is 9. The lowest BCUT2D eigenvalue weighted by atomic mass is 10.1. The maximum absolute atomic E-state index is 6.29. The summed E-state index contributed by atoms with van der Waals surface area (Å²) in [6.07, 6.45) is -0.712. The SMILES string of the molecule is NCC1(N)OC(N)[C@H](N)[C@@H]1PCC1(N)OC(N)[C@H](N)[C@@H]1P. The summed E-state index contributed by atoms with van der Waals surface area (Å²) in [6.45, 7) is 0.133. The quantitative estimate of drug-likeness (QED) is 0.248. The zero-order valence-corrected chi connectivity index (χ0v) is 14.0. The molecule has 2 rings (SSSR count). The van der Waals surface area contributed by atoms with Gasteiger partial charge in [-0.05, 0) is 0 Å². The van der Waals surface area contributed by atoms with Crippen LogP contribution in [0.15, 0.2) is 0 Å². The second-order valence-corrected chi connectivity index (χ2v) is 7.92. The maximum Gasteiger partial charge on any atom is 0.139 e. The number of rotatable bonds is 4. The van der Waals surface area contributed by atoms with Gasteiger partial charge in [0.15, 0.2) is 0 Å². The summed E-state index contributed by atoms with van der Waals surface area (Å²) >= 11 is 0. The molecular weight excluding hydrogens is 312 g/mol. The smallest absolute Gasteiger partial charge is 0.139 e. The molecule has 10 atom stereocenters. The average molecular weight is 339 g/mol. The van der Waals surface area contributed by atoms with E-state index in [1.165, 1.54) is 0 Å². The van der Waals surface area contributed by atoms with E-state index in [2.05, 4.69) is 9.24 Å². The first-order valence-electron chi connectivity index (χ1n) is 6.79. The van der Waals surface area contributed by atoms with Crippen LogP contribution in [0.2, 0.25) is 0 Å². The van der Waals surface area contributed by atoms with E-state index in [1.807, 2.05) is 0 Å². The van der Waals surface area contributed by atoms with Crippen LogP contribution in [0.5, 0.6) is 0 Å². The Morgan fingerprint density at radius 3 is 1.95 bits per heavy atom. The lowest BCUT2D eigenvalue weighted by Gasteiger charge is -2.34. The third kappa shape index (κ3) is 3.11. The van der Waals surface area contributed by atoms with Crippen molar-refractivity contribution in [1.82, 2.24) is 0 Å². The molecule has 11 heteroatoms. The summed E-state index contributed by atoms with van der Waals surface area (Å²) in [5.41, 5.74) is 39.5. The molecule has 14 N–H and O–H groups in total. The molecule has 2 saturated heterocycles. The van der Waals surface area contributed by atoms with Gasteiger partial charge in [-0.25, -0.2) is 0 Å². The molecule has 0 aromatic rings. The molecule has 124 valence electrons. The van der Waals surface area contributed by atoms with Crippen LogP contribution in [0.4, 0.5) is 0 Å². The first-order chi connectivity index (χ1) is 9.64. The molecule has 0 aromatic heterocycles. The average Bonchev–Trinajstić information content (AvgIpc) is 2.76. The number of ether oxygens (including phenoxy) is 2. The van der Waals surface area contributed by atoms with Crippen LogP contribution in [-0.2, 0) is 9.47 Å². The number of hydrogen-bond donors (Lipinski definition) is 7. The van der Waals surface area contributed by atoms with Gasteiger partial charge in [-0.1, -0.05) is 0 Å². The molecule has 0 spiro atoms. The first kappa shape index (κ1) is 17.8. The maximum atomic E-state index is 6.29. The minimum Gasteiger partial charge on any atom is -0.340 e. The van der Waals surface area contributed by atoms with E-state index in [9.17, 15) is 0 Å². The Bertz CT molecular complexity index is 394. The minimum atomic E-state index is -1.03. The van der Waals surface area contributed by atoms with Crippen molar-refractivity contribution in [3.63, 3.8) is 0 Å². The molecule has 0 aliphatic carbocycles. The van der Waals surface area contributed by atoms with Gasteiger partial charge in [-0.15, -0.1) is 17.8 Å². The van der Waals surface area contributed by atoms with Gasteiger partial charge in [0.1, 0.15) is 23.9 Å². The van der Waals surface area contributed by atoms with Gasteiger partial charge in [-0.3, -0.25) is 0 Å². The molecule has 0 bridgehead atoms. The molecule has 0 amide bonds. The second-order valence-electron chi connectivity index (χ2n) is 5.82. The van der Waals surface area contributed by atoms with Crippen molar-refractivity contribution >= 4 is 17.8 Å². The Balaban J connectivity index is 2.05. The van der Waals surface area contributed by atoms with Crippen LogP contribution in [0, 0.1) is 0 Å². The van der Waals surface area contributed by atoms with Gasteiger partial charge >= 0.3 is 0 Å². The predicted molar refractivity (Wildman–Crippen MR) is 87.4 cm³/mol. The fourth-order valence-electron chi connectivity index (χ4n) is 2.77. The standard InChI is InChI=1S/C10H27N7O2P2/c11-1-9(16)6(4(13)8(15)18-9)21-2-10(17)5(20)3(12)7(14)19-10/h3-8,21H,1-2,11-17,20H2/t3-,4-,5+,6+,7?,8?,9?,10?/m1/s1. The van der Waals surface area contributed by atoms with Crippen molar-refractivity contribution in [1.29, 1.82) is 0 Å². The third-order valence-electron chi connectivity index (χ3n) is 4.28. The summed E-state index contributed by atoms with van der Waals surface area (Å²) in [5, 5.41) is 0. The first-order valence-corrected chi connectivity index (χ1v) is 8.74. The van der Waals surface area contributed by atoms with Crippen LogP contribution in [-0.4, -0.2) is 60.0 Å². The van der Waals surface area contributed by atoms with Crippen molar-refractivity contribution in [3.8, 4) is 0 Å². The monoisotopic (exact) mass is 339 g/mol. The van der Waals surface area contributed by atoms with E-state index in [1.54, 1.807) is 0 Å². The van der Waals surface area contributed by atoms with Crippen LogP contribution in [0.25, 0.3) is 0 Å². The highest BCUT2D eigenvalue weighted by Crippen LogP contribution is 2.42. The molecule has 0 saturated carbocycles. The fourth-order valence-corrected chi connectivity index (χ4v) is 5.28. The third-order valence-corrected chi connectivity index (χ3v) is 7.36. The Labute approximate surface area is 128 Å². The highest BCUT2D eigenvalue weighted by Gasteiger charge is 2.52. The molecule has 2 heterocycles. The van der Waals surface area contributed by atoms with E-state index in [4.69, 9.17) is 49.6 Å². The minimum absolute atomic E-state index is 0.133. The van der Waals surface area contributed by atoms with Gasteiger partial charge in [0, 0.05) is 24.0 Å². The van der Waals surface area contributed by atoms with Gasteiger partial charge < -0.3 is 49.6 Å². The molecule has 0 radical (unpaired) electrons. The van der Waals surface area contributed by atoms with Crippen LogP contribution < -0.4 is 40.1 Å². The Hall–Kier alpha value is 0.500. The Kier molecular flexibility index (Phi) is 5.26. The molecular formula is C10H27N7O2P2. The van der Waals surface area contributed by atoms with Crippen LogP contribution in [0.1, 0.15) is 0 Å². The van der Waals surface area contributed by atoms with E-state index < -0.39 is 29.9 Å². The zero-order valence-electron chi connectivity index (χ0n) is 11.8. The lowest BCUT2D eigenvalue weighted by Crippen LogP contribution is -2.57. The summed E-state index contributed by atoms with van der Waals surface area (Å²) in [4.78, 5) is 0. The molecule has 2 aliphatic heterocycles. The van der Waals surface area contributed by atoms with Crippen molar-refractivity contribution in [2.24, 2.45) is 40.1 Å². The molecule has 21 heavy (non-hydrogen) atoms. The zero-order chi connectivity index (χ0) is 16.0. The van der Waals surface area contributed by atoms with Crippen molar-refractivity contribution in [2.45, 2.75) is 47.3 Å². The van der Waals surface area contributed by atoms with E-state index >= 15 is 0 Å². The van der Waals surface area contributed by atoms with Gasteiger partial charge in [-0.2, -0.15) is 0 Å². The van der Waals surface area contributed by atoms with Gasteiger partial charge in [0.05, 0.1) is 12.1 Å². The fraction of sp³-hybridized carbons (Fsp3) is 1.00. The number of nitrogens with two attached hydrogens (primary N) is 7. The van der Waals surface area contributed by atoms with Gasteiger partial charge in [0.25, 0.3) is 0 Å². The van der Waals surface area contributed by atoms with Crippen LogP contribution in [0.3, 0.4) is 0 Å². The Morgan fingerprint density at radius 1 is 0.952 bits per heavy atom. The second kappa shape index (κ2) is 6.19. The molecule has 2 fully saturated rings. The van der Waals surface area contributed by atoms with Crippen LogP contribution >= 0.6 is 17.8 Å². The lowest BCUT2D eigenvalue weighted by molar-refractivity contribution is -0.0283. The highest BCUT2D eigenvalue weighted by atomic mass is 31.1. The molecule has 9 nitrogen and oxygen atoms in total. The van der Waals surface area contributed by atoms with E-state index in [-0.39, 0.29) is 32.5 Å². The van der Waals surface area contributed by atoms with Crippen molar-refractivity contribution < 1.29 is 9.47 Å². The van der Waals surface area contributed by atoms with Crippen molar-refractivity contribution in [3.05, 3.63) is 0 Å². The molecule has 0 aromatic carbocycles. The van der Waals surface area contributed by atoms with E-state index in [0.29, 0.717) is 6.16 Å². The summed E-state index contributed by atoms with van der Waals surface area (Å²) in [5.74, 6) is 0.